The molecule has 0 aliphatic heterocycles. The van der Waals surface area contributed by atoms with Crippen LogP contribution in [0.25, 0.3) is 0 Å². The van der Waals surface area contributed by atoms with E-state index in [9.17, 15) is 4.79 Å². The SMILES string of the molecule is CCc1cc(Br)ccc1NC(=O)[C@@H](C)N. The second-order valence-electron chi connectivity index (χ2n) is 3.43. The van der Waals surface area contributed by atoms with Gasteiger partial charge in [-0.05, 0) is 37.1 Å². The number of benzene rings is 1. The van der Waals surface area contributed by atoms with Crippen molar-refractivity contribution in [3.05, 3.63) is 28.2 Å². The van der Waals surface area contributed by atoms with Gasteiger partial charge in [0.1, 0.15) is 0 Å². The van der Waals surface area contributed by atoms with E-state index in [1.807, 2.05) is 25.1 Å². The number of carbonyl (C=O) groups excluding carboxylic acids is 1. The van der Waals surface area contributed by atoms with Gasteiger partial charge in [0.15, 0.2) is 0 Å². The highest BCUT2D eigenvalue weighted by atomic mass is 79.9. The van der Waals surface area contributed by atoms with Crippen LogP contribution in [0.5, 0.6) is 0 Å². The van der Waals surface area contributed by atoms with Gasteiger partial charge in [0.2, 0.25) is 5.91 Å². The minimum Gasteiger partial charge on any atom is -0.324 e. The van der Waals surface area contributed by atoms with Gasteiger partial charge in [-0.25, -0.2) is 0 Å². The Morgan fingerprint density at radius 3 is 2.80 bits per heavy atom. The van der Waals surface area contributed by atoms with Crippen molar-refractivity contribution in [1.29, 1.82) is 0 Å². The molecule has 0 unspecified atom stereocenters. The summed E-state index contributed by atoms with van der Waals surface area (Å²) in [6, 6.07) is 5.29. The van der Waals surface area contributed by atoms with Gasteiger partial charge in [0.25, 0.3) is 0 Å². The van der Waals surface area contributed by atoms with Crippen LogP contribution in [0.4, 0.5) is 5.69 Å². The van der Waals surface area contributed by atoms with Gasteiger partial charge in [0, 0.05) is 10.2 Å². The molecule has 1 aromatic carbocycles. The molecule has 0 saturated carbocycles. The summed E-state index contributed by atoms with van der Waals surface area (Å²) < 4.78 is 1.01. The third-order valence-electron chi connectivity index (χ3n) is 2.12. The van der Waals surface area contributed by atoms with Crippen molar-refractivity contribution in [2.24, 2.45) is 5.73 Å². The largest absolute Gasteiger partial charge is 0.324 e. The number of carbonyl (C=O) groups is 1. The van der Waals surface area contributed by atoms with Crippen molar-refractivity contribution in [2.75, 3.05) is 5.32 Å². The lowest BCUT2D eigenvalue weighted by atomic mass is 10.1. The lowest BCUT2D eigenvalue weighted by Crippen LogP contribution is -2.32. The molecule has 0 radical (unpaired) electrons. The first-order valence-electron chi connectivity index (χ1n) is 4.89. The Kier molecular flexibility index (Phi) is 4.29. The molecule has 1 atom stereocenters. The molecule has 0 aliphatic carbocycles. The smallest absolute Gasteiger partial charge is 0.241 e. The van der Waals surface area contributed by atoms with Crippen molar-refractivity contribution in [3.63, 3.8) is 0 Å². The highest BCUT2D eigenvalue weighted by Crippen LogP contribution is 2.21. The molecule has 1 rings (SSSR count). The minimum atomic E-state index is -0.488. The quantitative estimate of drug-likeness (QED) is 0.886. The van der Waals surface area contributed by atoms with Crippen molar-refractivity contribution in [3.8, 4) is 0 Å². The van der Waals surface area contributed by atoms with Crippen LogP contribution >= 0.6 is 15.9 Å². The first-order chi connectivity index (χ1) is 7.04. The first kappa shape index (κ1) is 12.2. The van der Waals surface area contributed by atoms with Crippen LogP contribution in [-0.4, -0.2) is 11.9 Å². The Bertz CT molecular complexity index is 364. The highest BCUT2D eigenvalue weighted by molar-refractivity contribution is 9.10. The molecule has 3 nitrogen and oxygen atoms in total. The van der Waals surface area contributed by atoms with Gasteiger partial charge in [-0.2, -0.15) is 0 Å². The number of nitrogens with one attached hydrogen (secondary N) is 1. The van der Waals surface area contributed by atoms with E-state index in [0.29, 0.717) is 0 Å². The molecule has 1 amide bonds. The molecule has 0 bridgehead atoms. The zero-order chi connectivity index (χ0) is 11.4. The minimum absolute atomic E-state index is 0.160. The molecule has 0 saturated heterocycles. The molecule has 0 spiro atoms. The van der Waals surface area contributed by atoms with Crippen molar-refractivity contribution in [2.45, 2.75) is 26.3 Å². The van der Waals surface area contributed by atoms with Gasteiger partial charge >= 0.3 is 0 Å². The molecule has 0 heterocycles. The van der Waals surface area contributed by atoms with Crippen molar-refractivity contribution >= 4 is 27.5 Å². The van der Waals surface area contributed by atoms with Crippen molar-refractivity contribution < 1.29 is 4.79 Å². The molecular weight excluding hydrogens is 256 g/mol. The van der Waals surface area contributed by atoms with E-state index in [0.717, 1.165) is 22.1 Å². The summed E-state index contributed by atoms with van der Waals surface area (Å²) in [5, 5.41) is 2.80. The summed E-state index contributed by atoms with van der Waals surface area (Å²) in [6.07, 6.45) is 0.869. The fourth-order valence-electron chi connectivity index (χ4n) is 1.22. The summed E-state index contributed by atoms with van der Waals surface area (Å²) in [6.45, 7) is 3.71. The van der Waals surface area contributed by atoms with Gasteiger partial charge < -0.3 is 11.1 Å². The van der Waals surface area contributed by atoms with Gasteiger partial charge in [-0.3, -0.25) is 4.79 Å². The predicted molar refractivity (Wildman–Crippen MR) is 65.8 cm³/mol. The lowest BCUT2D eigenvalue weighted by Gasteiger charge is -2.11. The fourth-order valence-corrected chi connectivity index (χ4v) is 1.63. The molecule has 82 valence electrons. The zero-order valence-corrected chi connectivity index (χ0v) is 10.5. The molecular formula is C11H15BrN2O. The van der Waals surface area contributed by atoms with Gasteiger partial charge in [-0.15, -0.1) is 0 Å². The number of amides is 1. The summed E-state index contributed by atoms with van der Waals surface area (Å²) in [5.74, 6) is -0.160. The van der Waals surface area contributed by atoms with Gasteiger partial charge in [-0.1, -0.05) is 22.9 Å². The summed E-state index contributed by atoms with van der Waals surface area (Å²) >= 11 is 3.39. The van der Waals surface area contributed by atoms with E-state index < -0.39 is 6.04 Å². The van der Waals surface area contributed by atoms with E-state index in [1.54, 1.807) is 6.92 Å². The number of hydrogen-bond donors (Lipinski definition) is 2. The first-order valence-corrected chi connectivity index (χ1v) is 5.68. The third-order valence-corrected chi connectivity index (χ3v) is 2.61. The maximum Gasteiger partial charge on any atom is 0.241 e. The topological polar surface area (TPSA) is 55.1 Å². The number of nitrogens with two attached hydrogens (primary N) is 1. The Morgan fingerprint density at radius 1 is 1.60 bits per heavy atom. The summed E-state index contributed by atoms with van der Waals surface area (Å²) in [5.41, 5.74) is 7.42. The Balaban J connectivity index is 2.89. The average molecular weight is 271 g/mol. The average Bonchev–Trinajstić information content (AvgIpc) is 2.20. The summed E-state index contributed by atoms with van der Waals surface area (Å²) in [7, 11) is 0. The van der Waals surface area contributed by atoms with Crippen LogP contribution < -0.4 is 11.1 Å². The van der Waals surface area contributed by atoms with Crippen molar-refractivity contribution in [1.82, 2.24) is 0 Å². The monoisotopic (exact) mass is 270 g/mol. The Morgan fingerprint density at radius 2 is 2.27 bits per heavy atom. The van der Waals surface area contributed by atoms with Crippen LogP contribution in [0.2, 0.25) is 0 Å². The zero-order valence-electron chi connectivity index (χ0n) is 8.88. The second-order valence-corrected chi connectivity index (χ2v) is 4.35. The molecule has 0 fully saturated rings. The maximum absolute atomic E-state index is 11.4. The summed E-state index contributed by atoms with van der Waals surface area (Å²) in [4.78, 5) is 11.4. The Labute approximate surface area is 98.2 Å². The van der Waals surface area contributed by atoms with E-state index >= 15 is 0 Å². The second kappa shape index (κ2) is 5.28. The maximum atomic E-state index is 11.4. The fraction of sp³-hybridized carbons (Fsp3) is 0.364. The number of hydrogen-bond acceptors (Lipinski definition) is 2. The highest BCUT2D eigenvalue weighted by Gasteiger charge is 2.09. The van der Waals surface area contributed by atoms with E-state index in [4.69, 9.17) is 5.73 Å². The van der Waals surface area contributed by atoms with Crippen LogP contribution in [0.3, 0.4) is 0 Å². The van der Waals surface area contributed by atoms with E-state index in [1.165, 1.54) is 0 Å². The van der Waals surface area contributed by atoms with Crippen LogP contribution in [0, 0.1) is 0 Å². The van der Waals surface area contributed by atoms with Crippen LogP contribution in [0.15, 0.2) is 22.7 Å². The van der Waals surface area contributed by atoms with Crippen LogP contribution in [0.1, 0.15) is 19.4 Å². The van der Waals surface area contributed by atoms with E-state index in [-0.39, 0.29) is 5.91 Å². The third kappa shape index (κ3) is 3.32. The molecule has 0 aliphatic rings. The molecule has 3 N–H and O–H groups in total. The van der Waals surface area contributed by atoms with E-state index in [2.05, 4.69) is 21.2 Å². The number of anilines is 1. The van der Waals surface area contributed by atoms with Gasteiger partial charge in [0.05, 0.1) is 6.04 Å². The van der Waals surface area contributed by atoms with Crippen LogP contribution in [-0.2, 0) is 11.2 Å². The predicted octanol–water partition coefficient (Wildman–Crippen LogP) is 2.30. The molecule has 1 aromatic rings. The molecule has 0 aromatic heterocycles. The number of rotatable bonds is 3. The normalized spacial score (nSPS) is 12.3. The molecule has 15 heavy (non-hydrogen) atoms. The lowest BCUT2D eigenvalue weighted by molar-refractivity contribution is -0.117. The Hall–Kier alpha value is -0.870. The number of aryl methyl sites for hydroxylation is 1. The standard InChI is InChI=1S/C11H15BrN2O/c1-3-8-6-9(12)4-5-10(8)14-11(15)7(2)13/h4-7H,3,13H2,1-2H3,(H,14,15)/t7-/m1/s1. The number of halogens is 1. The molecule has 4 heteroatoms.